The molecule has 204 valence electrons. The quantitative estimate of drug-likeness (QED) is 0.517. The summed E-state index contributed by atoms with van der Waals surface area (Å²) in [6, 6.07) is 0. The highest BCUT2D eigenvalue weighted by molar-refractivity contribution is 5.77. The van der Waals surface area contributed by atoms with Crippen molar-refractivity contribution in [1.82, 2.24) is 0 Å². The first-order valence-electron chi connectivity index (χ1n) is 13.8. The van der Waals surface area contributed by atoms with Gasteiger partial charge < -0.3 is 19.7 Å². The van der Waals surface area contributed by atoms with Crippen molar-refractivity contribution in [2.45, 2.75) is 112 Å². The van der Waals surface area contributed by atoms with Crippen LogP contribution in [0.4, 0.5) is 0 Å². The number of hydrogen-bond acceptors (Lipinski definition) is 6. The number of ether oxygens (including phenoxy) is 2. The summed E-state index contributed by atoms with van der Waals surface area (Å²) < 4.78 is 11.0. The third kappa shape index (κ3) is 3.65. The second kappa shape index (κ2) is 8.71. The van der Waals surface area contributed by atoms with E-state index in [1.54, 1.807) is 0 Å². The van der Waals surface area contributed by atoms with Crippen molar-refractivity contribution in [3.8, 4) is 0 Å². The van der Waals surface area contributed by atoms with E-state index in [1.165, 1.54) is 13.8 Å². The molecule has 36 heavy (non-hydrogen) atoms. The molecule has 0 saturated heterocycles. The van der Waals surface area contributed by atoms with E-state index in [0.717, 1.165) is 38.5 Å². The van der Waals surface area contributed by atoms with Gasteiger partial charge in [-0.3, -0.25) is 14.4 Å². The van der Waals surface area contributed by atoms with Gasteiger partial charge in [0.15, 0.2) is 0 Å². The van der Waals surface area contributed by atoms with E-state index in [-0.39, 0.29) is 46.3 Å². The van der Waals surface area contributed by atoms with Crippen LogP contribution in [0.25, 0.3) is 0 Å². The Morgan fingerprint density at radius 2 is 1.47 bits per heavy atom. The van der Waals surface area contributed by atoms with Crippen LogP contribution < -0.4 is 0 Å². The number of carboxylic acids is 1. The van der Waals surface area contributed by atoms with Crippen LogP contribution in [0.2, 0.25) is 0 Å². The van der Waals surface area contributed by atoms with Crippen LogP contribution in [0.5, 0.6) is 0 Å². The summed E-state index contributed by atoms with van der Waals surface area (Å²) in [5.41, 5.74) is -1.74. The number of esters is 2. The predicted molar refractivity (Wildman–Crippen MR) is 134 cm³/mol. The summed E-state index contributed by atoms with van der Waals surface area (Å²) in [5, 5.41) is 21.8. The first kappa shape index (κ1) is 27.4. The lowest BCUT2D eigenvalue weighted by molar-refractivity contribution is -0.261. The lowest BCUT2D eigenvalue weighted by Crippen LogP contribution is -2.68. The van der Waals surface area contributed by atoms with Gasteiger partial charge in [0.05, 0.1) is 6.10 Å². The second-order valence-electron chi connectivity index (χ2n) is 13.8. The molecule has 4 saturated carbocycles. The third-order valence-electron chi connectivity index (χ3n) is 12.2. The van der Waals surface area contributed by atoms with Gasteiger partial charge in [-0.25, -0.2) is 0 Å². The molecule has 4 rings (SSSR count). The van der Waals surface area contributed by atoms with Crippen molar-refractivity contribution in [2.75, 3.05) is 6.61 Å². The van der Waals surface area contributed by atoms with Gasteiger partial charge in [0.2, 0.25) is 0 Å². The summed E-state index contributed by atoms with van der Waals surface area (Å²) in [6.07, 6.45) is 5.48. The SMILES string of the molecule is CC(=O)OC[C@@]1(C(=O)O)CC[C@]2(C)[C@H](CC[C@@H]3[C@@]4(C)CC[C@H](OC(C)=O)C(C)(C)[C@@H]4CC[C@]32C)[C@H]1O. The number of hydrogen-bond donors (Lipinski definition) is 2. The number of carboxylic acid groups (broad SMARTS) is 1. The van der Waals surface area contributed by atoms with Crippen molar-refractivity contribution >= 4 is 17.9 Å². The number of aliphatic hydroxyl groups excluding tert-OH is 1. The van der Waals surface area contributed by atoms with Crippen LogP contribution >= 0.6 is 0 Å². The van der Waals surface area contributed by atoms with Crippen LogP contribution in [-0.4, -0.2) is 46.9 Å². The molecule has 0 aromatic rings. The Balaban J connectivity index is 1.66. The maximum Gasteiger partial charge on any atom is 0.315 e. The summed E-state index contributed by atoms with van der Waals surface area (Å²) in [6.45, 7) is 14.1. The average Bonchev–Trinajstić information content (AvgIpc) is 2.76. The topological polar surface area (TPSA) is 110 Å². The maximum atomic E-state index is 12.5. The molecule has 0 aliphatic heterocycles. The highest BCUT2D eigenvalue weighted by atomic mass is 16.5. The van der Waals surface area contributed by atoms with E-state index in [1.807, 2.05) is 0 Å². The molecule has 2 N–H and O–H groups in total. The first-order chi connectivity index (χ1) is 16.6. The Kier molecular flexibility index (Phi) is 6.63. The zero-order valence-electron chi connectivity index (χ0n) is 23.2. The Morgan fingerprint density at radius 1 is 0.806 bits per heavy atom. The zero-order valence-corrected chi connectivity index (χ0v) is 23.2. The molecule has 0 amide bonds. The minimum Gasteiger partial charge on any atom is -0.481 e. The highest BCUT2D eigenvalue weighted by Crippen LogP contribution is 2.74. The molecule has 7 nitrogen and oxygen atoms in total. The molecule has 0 heterocycles. The van der Waals surface area contributed by atoms with E-state index in [4.69, 9.17) is 9.47 Å². The molecule has 7 heteroatoms. The van der Waals surface area contributed by atoms with Crippen LogP contribution in [-0.2, 0) is 23.9 Å². The van der Waals surface area contributed by atoms with Gasteiger partial charge in [-0.1, -0.05) is 34.6 Å². The summed E-state index contributed by atoms with van der Waals surface area (Å²) in [5.74, 6) is -1.10. The molecular weight excluding hydrogens is 460 g/mol. The lowest BCUT2D eigenvalue weighted by atomic mass is 9.33. The minimum absolute atomic E-state index is 0.0431. The summed E-state index contributed by atoms with van der Waals surface area (Å²) >= 11 is 0. The minimum atomic E-state index is -1.45. The smallest absolute Gasteiger partial charge is 0.315 e. The fraction of sp³-hybridized carbons (Fsp3) is 0.897. The van der Waals surface area contributed by atoms with Crippen LogP contribution in [0.15, 0.2) is 0 Å². The molecule has 0 spiro atoms. The normalized spacial score (nSPS) is 47.5. The van der Waals surface area contributed by atoms with E-state index in [0.29, 0.717) is 24.7 Å². The molecule has 0 aromatic carbocycles. The fourth-order valence-corrected chi connectivity index (χ4v) is 10.0. The van der Waals surface area contributed by atoms with Crippen LogP contribution in [0.3, 0.4) is 0 Å². The van der Waals surface area contributed by atoms with Crippen molar-refractivity contribution in [1.29, 1.82) is 0 Å². The Labute approximate surface area is 215 Å². The monoisotopic (exact) mass is 506 g/mol. The highest BCUT2D eigenvalue weighted by Gasteiger charge is 2.70. The number of fused-ring (bicyclic) bond motifs is 5. The number of carbonyl (C=O) groups is 3. The van der Waals surface area contributed by atoms with Crippen molar-refractivity contribution in [3.05, 3.63) is 0 Å². The van der Waals surface area contributed by atoms with Gasteiger partial charge in [0.25, 0.3) is 0 Å². The van der Waals surface area contributed by atoms with Crippen LogP contribution in [0, 0.1) is 44.8 Å². The van der Waals surface area contributed by atoms with Crippen molar-refractivity contribution in [3.63, 3.8) is 0 Å². The Morgan fingerprint density at radius 3 is 2.06 bits per heavy atom. The van der Waals surface area contributed by atoms with E-state index >= 15 is 0 Å². The van der Waals surface area contributed by atoms with Gasteiger partial charge in [-0.2, -0.15) is 0 Å². The van der Waals surface area contributed by atoms with Crippen LogP contribution in [0.1, 0.15) is 99.8 Å². The summed E-state index contributed by atoms with van der Waals surface area (Å²) in [4.78, 5) is 35.8. The van der Waals surface area contributed by atoms with Crippen molar-refractivity contribution in [2.24, 2.45) is 44.8 Å². The average molecular weight is 507 g/mol. The standard InChI is InChI=1S/C29H46O7/c1-17(30)35-16-29(24(33)34)15-14-27(6)19(23(29)32)8-9-21-26(5)12-11-22(36-18(2)31)25(3,4)20(26)10-13-28(21,27)7/h19-23,32H,8-16H2,1-7H3,(H,33,34)/t19-,20+,21-,22+,23-,26+,27-,28-,29+/m1/s1. The number of aliphatic hydroxyl groups is 1. The summed E-state index contributed by atoms with van der Waals surface area (Å²) in [7, 11) is 0. The first-order valence-corrected chi connectivity index (χ1v) is 13.8. The number of aliphatic carboxylic acids is 1. The molecule has 0 unspecified atom stereocenters. The predicted octanol–water partition coefficient (Wildman–Crippen LogP) is 4.98. The number of rotatable bonds is 4. The fourth-order valence-electron chi connectivity index (χ4n) is 10.0. The molecule has 4 fully saturated rings. The van der Waals surface area contributed by atoms with Gasteiger partial charge in [-0.15, -0.1) is 0 Å². The third-order valence-corrected chi connectivity index (χ3v) is 12.2. The zero-order chi connectivity index (χ0) is 26.9. The van der Waals surface area contributed by atoms with E-state index < -0.39 is 23.5 Å². The van der Waals surface area contributed by atoms with E-state index in [2.05, 4.69) is 34.6 Å². The Hall–Kier alpha value is -1.63. The van der Waals surface area contributed by atoms with E-state index in [9.17, 15) is 24.6 Å². The molecule has 4 aliphatic rings. The largest absolute Gasteiger partial charge is 0.481 e. The maximum absolute atomic E-state index is 12.5. The molecular formula is C29H46O7. The van der Waals surface area contributed by atoms with Gasteiger partial charge >= 0.3 is 17.9 Å². The number of carbonyl (C=O) groups excluding carboxylic acids is 2. The van der Waals surface area contributed by atoms with Crippen molar-refractivity contribution < 1.29 is 34.1 Å². The molecule has 0 bridgehead atoms. The van der Waals surface area contributed by atoms with Gasteiger partial charge in [0, 0.05) is 19.3 Å². The second-order valence-corrected chi connectivity index (χ2v) is 13.8. The lowest BCUT2D eigenvalue weighted by Gasteiger charge is -2.72. The molecule has 0 aromatic heterocycles. The van der Waals surface area contributed by atoms with Gasteiger partial charge in [-0.05, 0) is 85.4 Å². The molecule has 4 aliphatic carbocycles. The Bertz CT molecular complexity index is 929. The molecule has 9 atom stereocenters. The van der Waals surface area contributed by atoms with Gasteiger partial charge in [0.1, 0.15) is 18.1 Å². The molecule has 0 radical (unpaired) electrons.